The van der Waals surface area contributed by atoms with Crippen LogP contribution < -0.4 is 5.43 Å². The molecule has 3 rings (SSSR count). The Labute approximate surface area is 156 Å². The maximum Gasteiger partial charge on any atom is 0.244 e. The summed E-state index contributed by atoms with van der Waals surface area (Å²) in [5.41, 5.74) is 6.83. The minimum atomic E-state index is -0.00300. The van der Waals surface area contributed by atoms with E-state index < -0.39 is 0 Å². The van der Waals surface area contributed by atoms with Gasteiger partial charge < -0.3 is 0 Å². The summed E-state index contributed by atoms with van der Waals surface area (Å²) in [6.07, 6.45) is 0. The molecule has 1 heterocycles. The number of fused-ring (bicyclic) bond motifs is 1. The molecular formula is C20H21BrN4. The quantitative estimate of drug-likeness (QED) is 0.443. The molecule has 5 heteroatoms. The predicted molar refractivity (Wildman–Crippen MR) is 109 cm³/mol. The minimum absolute atomic E-state index is 0.00300. The van der Waals surface area contributed by atoms with Gasteiger partial charge in [-0.25, -0.2) is 15.4 Å². The van der Waals surface area contributed by atoms with Crippen LogP contribution in [0, 0.1) is 5.41 Å². The smallest absolute Gasteiger partial charge is 0.244 e. The van der Waals surface area contributed by atoms with E-state index in [1.165, 1.54) is 0 Å². The molecule has 0 aliphatic carbocycles. The highest BCUT2D eigenvalue weighted by Crippen LogP contribution is 2.29. The van der Waals surface area contributed by atoms with Gasteiger partial charge in [0, 0.05) is 26.5 Å². The Morgan fingerprint density at radius 1 is 1.04 bits per heavy atom. The molecule has 0 saturated heterocycles. The van der Waals surface area contributed by atoms with Crippen LogP contribution in [0.1, 0.15) is 27.7 Å². The second-order valence-corrected chi connectivity index (χ2v) is 7.90. The molecule has 128 valence electrons. The molecule has 1 N–H and O–H groups in total. The van der Waals surface area contributed by atoms with Crippen molar-refractivity contribution in [3.8, 4) is 11.3 Å². The van der Waals surface area contributed by atoms with Crippen molar-refractivity contribution in [1.82, 2.24) is 9.97 Å². The van der Waals surface area contributed by atoms with Gasteiger partial charge in [-0.1, -0.05) is 67.0 Å². The van der Waals surface area contributed by atoms with Crippen LogP contribution in [0.15, 0.2) is 58.1 Å². The molecule has 25 heavy (non-hydrogen) atoms. The lowest BCUT2D eigenvalue weighted by atomic mass is 9.91. The molecule has 0 spiro atoms. The first-order chi connectivity index (χ1) is 11.8. The van der Waals surface area contributed by atoms with E-state index >= 15 is 0 Å². The molecule has 0 atom stereocenters. The summed E-state index contributed by atoms with van der Waals surface area (Å²) in [6, 6.07) is 16.1. The lowest BCUT2D eigenvalue weighted by Gasteiger charge is -2.17. The van der Waals surface area contributed by atoms with Crippen molar-refractivity contribution in [2.24, 2.45) is 10.5 Å². The number of nitrogens with one attached hydrogen (secondary N) is 1. The lowest BCUT2D eigenvalue weighted by Crippen LogP contribution is -2.18. The van der Waals surface area contributed by atoms with Crippen LogP contribution in [-0.4, -0.2) is 15.7 Å². The van der Waals surface area contributed by atoms with Crippen molar-refractivity contribution >= 4 is 38.5 Å². The number of aromatic nitrogens is 2. The second-order valence-electron chi connectivity index (χ2n) is 6.98. The zero-order valence-corrected chi connectivity index (χ0v) is 16.4. The Bertz CT molecular complexity index is 928. The van der Waals surface area contributed by atoms with Gasteiger partial charge in [0.25, 0.3) is 0 Å². The van der Waals surface area contributed by atoms with Crippen LogP contribution in [-0.2, 0) is 0 Å². The zero-order chi connectivity index (χ0) is 18.0. The molecule has 4 nitrogen and oxygen atoms in total. The van der Waals surface area contributed by atoms with Gasteiger partial charge in [-0.05, 0) is 25.1 Å². The maximum atomic E-state index is 4.72. The van der Waals surface area contributed by atoms with E-state index in [9.17, 15) is 0 Å². The molecule has 0 aliphatic rings. The second kappa shape index (κ2) is 6.92. The van der Waals surface area contributed by atoms with E-state index in [0.29, 0.717) is 5.95 Å². The van der Waals surface area contributed by atoms with Crippen molar-refractivity contribution in [2.45, 2.75) is 27.7 Å². The van der Waals surface area contributed by atoms with Gasteiger partial charge in [0.2, 0.25) is 5.95 Å². The molecule has 2 aromatic carbocycles. The van der Waals surface area contributed by atoms with Gasteiger partial charge in [0.15, 0.2) is 0 Å². The predicted octanol–water partition coefficient (Wildman–Crippen LogP) is 5.89. The highest BCUT2D eigenvalue weighted by molar-refractivity contribution is 9.10. The number of benzene rings is 2. The Morgan fingerprint density at radius 3 is 2.44 bits per heavy atom. The lowest BCUT2D eigenvalue weighted by molar-refractivity contribution is 0.586. The van der Waals surface area contributed by atoms with Crippen molar-refractivity contribution in [2.75, 3.05) is 5.43 Å². The SMILES string of the molecule is C/C(=N\Nc1nc(-c2ccccc2)c2cc(Br)ccc2n1)C(C)(C)C. The molecular weight excluding hydrogens is 376 g/mol. The fourth-order valence-corrected chi connectivity index (χ4v) is 2.63. The first kappa shape index (κ1) is 17.5. The summed E-state index contributed by atoms with van der Waals surface area (Å²) in [5.74, 6) is 0.497. The van der Waals surface area contributed by atoms with Crippen LogP contribution >= 0.6 is 15.9 Å². The van der Waals surface area contributed by atoms with Crippen molar-refractivity contribution in [3.63, 3.8) is 0 Å². The van der Waals surface area contributed by atoms with Crippen LogP contribution in [0.2, 0.25) is 0 Å². The third-order valence-electron chi connectivity index (χ3n) is 4.11. The maximum absolute atomic E-state index is 4.72. The summed E-state index contributed by atoms with van der Waals surface area (Å²) in [6.45, 7) is 8.38. The molecule has 0 bridgehead atoms. The van der Waals surface area contributed by atoms with Crippen molar-refractivity contribution < 1.29 is 0 Å². The molecule has 3 aromatic rings. The fraction of sp³-hybridized carbons (Fsp3) is 0.250. The molecule has 0 amide bonds. The van der Waals surface area contributed by atoms with Crippen LogP contribution in [0.3, 0.4) is 0 Å². The highest BCUT2D eigenvalue weighted by atomic mass is 79.9. The summed E-state index contributed by atoms with van der Waals surface area (Å²) in [4.78, 5) is 9.32. The van der Waals surface area contributed by atoms with E-state index in [1.807, 2.05) is 43.3 Å². The third kappa shape index (κ3) is 4.04. The number of halogens is 1. The Morgan fingerprint density at radius 2 is 1.76 bits per heavy atom. The Kier molecular flexibility index (Phi) is 4.86. The Balaban J connectivity index is 2.11. The van der Waals surface area contributed by atoms with Gasteiger partial charge in [0.1, 0.15) is 0 Å². The van der Waals surface area contributed by atoms with Gasteiger partial charge in [0.05, 0.1) is 11.2 Å². The summed E-state index contributed by atoms with van der Waals surface area (Å²) in [7, 11) is 0. The van der Waals surface area contributed by atoms with E-state index in [1.54, 1.807) is 0 Å². The average Bonchev–Trinajstić information content (AvgIpc) is 2.59. The first-order valence-corrected chi connectivity index (χ1v) is 8.97. The molecule has 0 fully saturated rings. The monoisotopic (exact) mass is 396 g/mol. The summed E-state index contributed by atoms with van der Waals surface area (Å²) < 4.78 is 1.00. The van der Waals surface area contributed by atoms with Gasteiger partial charge in [-0.15, -0.1) is 0 Å². The van der Waals surface area contributed by atoms with E-state index in [0.717, 1.165) is 32.3 Å². The first-order valence-electron chi connectivity index (χ1n) is 8.18. The van der Waals surface area contributed by atoms with Crippen molar-refractivity contribution in [3.05, 3.63) is 53.0 Å². The topological polar surface area (TPSA) is 50.2 Å². The van der Waals surface area contributed by atoms with Crippen LogP contribution in [0.25, 0.3) is 22.2 Å². The molecule has 1 aromatic heterocycles. The third-order valence-corrected chi connectivity index (χ3v) is 4.61. The normalized spacial score (nSPS) is 12.4. The van der Waals surface area contributed by atoms with Gasteiger partial charge >= 0.3 is 0 Å². The van der Waals surface area contributed by atoms with Gasteiger partial charge in [-0.2, -0.15) is 5.10 Å². The number of nitrogens with zero attached hydrogens (tertiary/aromatic N) is 3. The van der Waals surface area contributed by atoms with E-state index in [-0.39, 0.29) is 5.41 Å². The average molecular weight is 397 g/mol. The van der Waals surface area contributed by atoms with E-state index in [2.05, 4.69) is 64.3 Å². The summed E-state index contributed by atoms with van der Waals surface area (Å²) >= 11 is 3.54. The van der Waals surface area contributed by atoms with Crippen LogP contribution in [0.5, 0.6) is 0 Å². The largest absolute Gasteiger partial charge is 0.245 e. The molecule has 0 unspecified atom stereocenters. The molecule has 0 saturated carbocycles. The molecule has 0 radical (unpaired) electrons. The highest BCUT2D eigenvalue weighted by Gasteiger charge is 2.15. The minimum Gasteiger partial charge on any atom is -0.245 e. The number of anilines is 1. The zero-order valence-electron chi connectivity index (χ0n) is 14.8. The number of hydrogen-bond acceptors (Lipinski definition) is 4. The summed E-state index contributed by atoms with van der Waals surface area (Å²) in [5, 5.41) is 5.46. The molecule has 0 aliphatic heterocycles. The number of rotatable bonds is 3. The van der Waals surface area contributed by atoms with Gasteiger partial charge in [-0.3, -0.25) is 0 Å². The van der Waals surface area contributed by atoms with Crippen molar-refractivity contribution in [1.29, 1.82) is 0 Å². The van der Waals surface area contributed by atoms with Crippen LogP contribution in [0.4, 0.5) is 5.95 Å². The standard InChI is InChI=1S/C20H21BrN4/c1-13(20(2,3)4)24-25-19-22-17-11-10-15(21)12-16(17)18(23-19)14-8-6-5-7-9-14/h5-12H,1-4H3,(H,22,23,25)/b24-13+. The number of hydrazone groups is 1. The number of hydrogen-bond donors (Lipinski definition) is 1. The fourth-order valence-electron chi connectivity index (χ4n) is 2.27. The van der Waals surface area contributed by atoms with E-state index in [4.69, 9.17) is 4.98 Å². The Hall–Kier alpha value is -2.27.